The number of nitrogens with one attached hydrogen (secondary N) is 1. The highest BCUT2D eigenvalue weighted by molar-refractivity contribution is 5.94. The van der Waals surface area contributed by atoms with Crippen molar-refractivity contribution in [2.45, 2.75) is 26.9 Å². The molecule has 3 aromatic rings. The molecular weight excluding hydrogens is 362 g/mol. The van der Waals surface area contributed by atoms with E-state index in [2.05, 4.69) is 15.4 Å². The largest absolute Gasteiger partial charge is 0.432 e. The average Bonchev–Trinajstić information content (AvgIpc) is 3.03. The Morgan fingerprint density at radius 1 is 1.29 bits per heavy atom. The van der Waals surface area contributed by atoms with Crippen molar-refractivity contribution in [1.82, 2.24) is 20.1 Å². The second kappa shape index (κ2) is 8.30. The zero-order valence-electron chi connectivity index (χ0n) is 15.5. The summed E-state index contributed by atoms with van der Waals surface area (Å²) in [5.74, 6) is 0.0248. The fourth-order valence-corrected chi connectivity index (χ4v) is 2.66. The van der Waals surface area contributed by atoms with Crippen LogP contribution in [0.1, 0.15) is 28.5 Å². The molecule has 0 aliphatic rings. The van der Waals surface area contributed by atoms with Crippen molar-refractivity contribution >= 4 is 11.6 Å². The molecule has 144 valence electrons. The number of benzene rings is 1. The van der Waals surface area contributed by atoms with Gasteiger partial charge in [-0.2, -0.15) is 5.10 Å². The number of nitrogens with zero attached hydrogens (tertiary/aromatic N) is 4. The number of rotatable bonds is 7. The van der Waals surface area contributed by atoms with Gasteiger partial charge in [0.15, 0.2) is 5.69 Å². The summed E-state index contributed by atoms with van der Waals surface area (Å²) < 4.78 is 7.29. The van der Waals surface area contributed by atoms with Gasteiger partial charge >= 0.3 is 5.69 Å². The van der Waals surface area contributed by atoms with E-state index in [-0.39, 0.29) is 23.0 Å². The molecule has 0 saturated heterocycles. The first-order valence-electron chi connectivity index (χ1n) is 8.67. The Labute approximate surface area is 161 Å². The van der Waals surface area contributed by atoms with Crippen LogP contribution >= 0.6 is 0 Å². The van der Waals surface area contributed by atoms with Gasteiger partial charge in [0, 0.05) is 37.1 Å². The number of aromatic nitrogens is 3. The minimum atomic E-state index is -0.515. The summed E-state index contributed by atoms with van der Waals surface area (Å²) in [7, 11) is 0. The normalized spacial score (nSPS) is 10.5. The first-order valence-corrected chi connectivity index (χ1v) is 8.67. The summed E-state index contributed by atoms with van der Waals surface area (Å²) >= 11 is 0. The summed E-state index contributed by atoms with van der Waals surface area (Å²) in [5.41, 5.74) is 1.41. The minimum Gasteiger partial charge on any atom is -0.432 e. The van der Waals surface area contributed by atoms with E-state index >= 15 is 0 Å². The zero-order valence-corrected chi connectivity index (χ0v) is 15.5. The van der Waals surface area contributed by atoms with Gasteiger partial charge in [-0.1, -0.05) is 18.2 Å². The van der Waals surface area contributed by atoms with Gasteiger partial charge in [0.25, 0.3) is 5.91 Å². The number of hydrogen-bond donors (Lipinski definition) is 1. The van der Waals surface area contributed by atoms with E-state index in [0.29, 0.717) is 24.5 Å². The van der Waals surface area contributed by atoms with Crippen molar-refractivity contribution in [2.24, 2.45) is 0 Å². The predicted octanol–water partition coefficient (Wildman–Crippen LogP) is 3.24. The fraction of sp³-hybridized carbons (Fsp3) is 0.211. The molecule has 2 aromatic heterocycles. The SMILES string of the molecule is CCn1nc(C(=O)NCc2cccnc2)c(C)c1Oc1ccccc1[N+](=O)[O-]. The third-order valence-corrected chi connectivity index (χ3v) is 4.09. The lowest BCUT2D eigenvalue weighted by atomic mass is 10.2. The monoisotopic (exact) mass is 381 g/mol. The summed E-state index contributed by atoms with van der Waals surface area (Å²) in [6.07, 6.45) is 3.33. The lowest BCUT2D eigenvalue weighted by molar-refractivity contribution is -0.385. The van der Waals surface area contributed by atoms with E-state index in [4.69, 9.17) is 4.74 Å². The molecule has 28 heavy (non-hydrogen) atoms. The summed E-state index contributed by atoms with van der Waals surface area (Å²) in [4.78, 5) is 27.3. The highest BCUT2D eigenvalue weighted by atomic mass is 16.6. The van der Waals surface area contributed by atoms with Gasteiger partial charge in [0.1, 0.15) is 0 Å². The Balaban J connectivity index is 1.85. The van der Waals surface area contributed by atoms with Gasteiger partial charge in [0.05, 0.1) is 4.92 Å². The van der Waals surface area contributed by atoms with Crippen LogP contribution in [0, 0.1) is 17.0 Å². The Morgan fingerprint density at radius 2 is 2.07 bits per heavy atom. The molecule has 2 heterocycles. The summed E-state index contributed by atoms with van der Waals surface area (Å²) in [6.45, 7) is 4.29. The van der Waals surface area contributed by atoms with Crippen molar-refractivity contribution in [2.75, 3.05) is 0 Å². The van der Waals surface area contributed by atoms with Gasteiger partial charge in [-0.25, -0.2) is 4.68 Å². The van der Waals surface area contributed by atoms with Crippen LogP contribution in [0.25, 0.3) is 0 Å². The average molecular weight is 381 g/mol. The topological polar surface area (TPSA) is 112 Å². The van der Waals surface area contributed by atoms with E-state index in [0.717, 1.165) is 5.56 Å². The van der Waals surface area contributed by atoms with Gasteiger partial charge in [-0.15, -0.1) is 0 Å². The molecule has 1 N–H and O–H groups in total. The number of carbonyl (C=O) groups is 1. The van der Waals surface area contributed by atoms with E-state index in [9.17, 15) is 14.9 Å². The number of hydrogen-bond acceptors (Lipinski definition) is 6. The number of para-hydroxylation sites is 2. The highest BCUT2D eigenvalue weighted by Crippen LogP contribution is 2.33. The maximum absolute atomic E-state index is 12.6. The number of ether oxygens (including phenoxy) is 1. The molecule has 1 aromatic carbocycles. The molecule has 0 aliphatic heterocycles. The Morgan fingerprint density at radius 3 is 2.75 bits per heavy atom. The van der Waals surface area contributed by atoms with Crippen molar-refractivity contribution in [3.63, 3.8) is 0 Å². The third-order valence-electron chi connectivity index (χ3n) is 4.09. The first-order chi connectivity index (χ1) is 13.5. The van der Waals surface area contributed by atoms with Gasteiger partial charge in [0.2, 0.25) is 11.6 Å². The molecule has 9 heteroatoms. The van der Waals surface area contributed by atoms with Gasteiger partial charge in [-0.05, 0) is 31.5 Å². The Kier molecular flexibility index (Phi) is 5.64. The molecule has 0 fully saturated rings. The number of pyridine rings is 1. The van der Waals surface area contributed by atoms with Crippen molar-refractivity contribution in [3.8, 4) is 11.6 Å². The Bertz CT molecular complexity index is 1000. The molecule has 0 radical (unpaired) electrons. The molecule has 0 unspecified atom stereocenters. The smallest absolute Gasteiger partial charge is 0.311 e. The highest BCUT2D eigenvalue weighted by Gasteiger charge is 2.23. The lowest BCUT2D eigenvalue weighted by Gasteiger charge is -2.08. The molecule has 0 spiro atoms. The van der Waals surface area contributed by atoms with Gasteiger partial charge < -0.3 is 10.1 Å². The summed E-state index contributed by atoms with van der Waals surface area (Å²) in [5, 5.41) is 18.3. The molecule has 9 nitrogen and oxygen atoms in total. The van der Waals surface area contributed by atoms with E-state index in [1.54, 1.807) is 37.5 Å². The van der Waals surface area contributed by atoms with Crippen LogP contribution in [0.15, 0.2) is 48.8 Å². The fourth-order valence-electron chi connectivity index (χ4n) is 2.66. The molecule has 0 aliphatic carbocycles. The Hall–Kier alpha value is -3.75. The van der Waals surface area contributed by atoms with Crippen LogP contribution in [0.2, 0.25) is 0 Å². The van der Waals surface area contributed by atoms with Crippen LogP contribution in [-0.2, 0) is 13.1 Å². The minimum absolute atomic E-state index is 0.0903. The molecule has 0 atom stereocenters. The predicted molar refractivity (Wildman–Crippen MR) is 101 cm³/mol. The van der Waals surface area contributed by atoms with Crippen LogP contribution in [0.4, 0.5) is 5.69 Å². The maximum Gasteiger partial charge on any atom is 0.311 e. The quantitative estimate of drug-likeness (QED) is 0.497. The van der Waals surface area contributed by atoms with Crippen molar-refractivity contribution < 1.29 is 14.5 Å². The standard InChI is InChI=1S/C19H19N5O4/c1-3-23-19(28-16-9-5-4-8-15(16)24(26)27)13(2)17(22-23)18(25)21-12-14-7-6-10-20-11-14/h4-11H,3,12H2,1-2H3,(H,21,25). The van der Waals surface area contributed by atoms with Crippen LogP contribution in [0.3, 0.4) is 0 Å². The number of carbonyl (C=O) groups excluding carboxylic acids is 1. The number of aryl methyl sites for hydroxylation is 1. The van der Waals surface area contributed by atoms with E-state index < -0.39 is 4.92 Å². The molecule has 3 rings (SSSR count). The lowest BCUT2D eigenvalue weighted by Crippen LogP contribution is -2.24. The zero-order chi connectivity index (χ0) is 20.1. The van der Waals surface area contributed by atoms with Crippen molar-refractivity contribution in [1.29, 1.82) is 0 Å². The van der Waals surface area contributed by atoms with Crippen LogP contribution in [0.5, 0.6) is 11.6 Å². The number of amides is 1. The molecular formula is C19H19N5O4. The summed E-state index contributed by atoms with van der Waals surface area (Å²) in [6, 6.07) is 9.72. The second-order valence-corrected chi connectivity index (χ2v) is 5.97. The van der Waals surface area contributed by atoms with Crippen LogP contribution < -0.4 is 10.1 Å². The third kappa shape index (κ3) is 3.98. The number of nitro groups is 1. The number of nitro benzene ring substituents is 1. The van der Waals surface area contributed by atoms with Crippen molar-refractivity contribution in [3.05, 3.63) is 75.7 Å². The van der Waals surface area contributed by atoms with Crippen LogP contribution in [-0.4, -0.2) is 25.6 Å². The van der Waals surface area contributed by atoms with E-state index in [1.165, 1.54) is 16.8 Å². The maximum atomic E-state index is 12.6. The second-order valence-electron chi connectivity index (χ2n) is 5.97. The van der Waals surface area contributed by atoms with Gasteiger partial charge in [-0.3, -0.25) is 19.9 Å². The van der Waals surface area contributed by atoms with E-state index in [1.807, 2.05) is 13.0 Å². The first kappa shape index (κ1) is 19.0. The molecule has 0 bridgehead atoms. The molecule has 0 saturated carbocycles. The molecule has 1 amide bonds.